The van der Waals surface area contributed by atoms with Crippen LogP contribution in [0, 0.1) is 0 Å². The Morgan fingerprint density at radius 1 is 1.35 bits per heavy atom. The van der Waals surface area contributed by atoms with E-state index in [1.165, 1.54) is 0 Å². The first kappa shape index (κ1) is 15.9. The van der Waals surface area contributed by atoms with Gasteiger partial charge in [0.25, 0.3) is 0 Å². The lowest BCUT2D eigenvalue weighted by Crippen LogP contribution is -2.34. The average Bonchev–Trinajstić information content (AvgIpc) is 2.25. The lowest BCUT2D eigenvalue weighted by molar-refractivity contribution is -0.160. The first-order chi connectivity index (χ1) is 7.97. The summed E-state index contributed by atoms with van der Waals surface area (Å²) in [4.78, 5) is 32.6. The number of carboxylic acids is 1. The summed E-state index contributed by atoms with van der Waals surface area (Å²) in [6, 6.07) is -0.800. The van der Waals surface area contributed by atoms with Crippen LogP contribution in [0.1, 0.15) is 25.7 Å². The fourth-order valence-corrected chi connectivity index (χ4v) is 1.48. The molecule has 17 heavy (non-hydrogen) atoms. The Labute approximate surface area is 104 Å². The minimum atomic E-state index is -0.985. The van der Waals surface area contributed by atoms with E-state index in [-0.39, 0.29) is 19.3 Å². The second-order valence-electron chi connectivity index (χ2n) is 3.43. The van der Waals surface area contributed by atoms with Crippen molar-refractivity contribution in [2.45, 2.75) is 31.7 Å². The van der Waals surface area contributed by atoms with Crippen molar-refractivity contribution in [2.75, 3.05) is 12.0 Å². The van der Waals surface area contributed by atoms with Gasteiger partial charge in [-0.25, -0.2) is 4.79 Å². The summed E-state index contributed by atoms with van der Waals surface area (Å²) in [6.07, 6.45) is 2.27. The summed E-state index contributed by atoms with van der Waals surface area (Å²) in [5.74, 6) is -1.75. The molecule has 0 aromatic heterocycles. The van der Waals surface area contributed by atoms with E-state index in [0.717, 1.165) is 0 Å². The topological polar surface area (TPSA) is 107 Å². The summed E-state index contributed by atoms with van der Waals surface area (Å²) in [7, 11) is 0. The van der Waals surface area contributed by atoms with Crippen LogP contribution < -0.4 is 5.73 Å². The van der Waals surface area contributed by atoms with Gasteiger partial charge in [-0.15, -0.1) is 0 Å². The molecule has 0 aliphatic carbocycles. The van der Waals surface area contributed by atoms with Gasteiger partial charge in [-0.1, -0.05) is 0 Å². The van der Waals surface area contributed by atoms with Crippen molar-refractivity contribution in [1.29, 1.82) is 0 Å². The van der Waals surface area contributed by atoms with E-state index in [2.05, 4.69) is 4.74 Å². The largest absolute Gasteiger partial charge is 0.481 e. The van der Waals surface area contributed by atoms with E-state index < -0.39 is 23.9 Å². The van der Waals surface area contributed by atoms with Gasteiger partial charge in [-0.3, -0.25) is 9.59 Å². The molecule has 98 valence electrons. The smallest absolute Gasteiger partial charge is 0.330 e. The normalized spacial score (nSPS) is 11.9. The van der Waals surface area contributed by atoms with Crippen LogP contribution in [0.15, 0.2) is 0 Å². The number of hydrogen-bond acceptors (Lipinski definition) is 6. The average molecular weight is 263 g/mol. The molecule has 0 aliphatic rings. The van der Waals surface area contributed by atoms with Gasteiger partial charge in [0.05, 0.1) is 0 Å². The summed E-state index contributed by atoms with van der Waals surface area (Å²) in [6.45, 7) is 0. The maximum atomic E-state index is 11.3. The molecule has 0 spiro atoms. The molecule has 0 saturated heterocycles. The van der Waals surface area contributed by atoms with E-state index in [0.29, 0.717) is 12.2 Å². The first-order valence-corrected chi connectivity index (χ1v) is 6.57. The summed E-state index contributed by atoms with van der Waals surface area (Å²) < 4.78 is 4.49. The molecule has 0 bridgehead atoms. The SMILES string of the molecule is CSCCC(N)C(=O)OC(=O)CCCC(=O)O. The predicted octanol–water partition coefficient (Wildman–Crippen LogP) is 0.391. The zero-order chi connectivity index (χ0) is 13.3. The molecular formula is C10H17NO5S. The maximum absolute atomic E-state index is 11.3. The minimum Gasteiger partial charge on any atom is -0.481 e. The van der Waals surface area contributed by atoms with Gasteiger partial charge in [0.15, 0.2) is 0 Å². The third kappa shape index (κ3) is 8.70. The first-order valence-electron chi connectivity index (χ1n) is 5.18. The fraction of sp³-hybridized carbons (Fsp3) is 0.700. The minimum absolute atomic E-state index is 0.0900. The molecule has 6 nitrogen and oxygen atoms in total. The molecule has 1 atom stereocenters. The van der Waals surface area contributed by atoms with Crippen molar-refractivity contribution in [3.05, 3.63) is 0 Å². The number of carbonyl (C=O) groups excluding carboxylic acids is 2. The summed E-state index contributed by atoms with van der Waals surface area (Å²) in [5, 5.41) is 8.35. The number of rotatable bonds is 8. The number of carbonyl (C=O) groups is 3. The molecule has 0 rings (SSSR count). The van der Waals surface area contributed by atoms with Crippen molar-refractivity contribution in [1.82, 2.24) is 0 Å². The monoisotopic (exact) mass is 263 g/mol. The van der Waals surface area contributed by atoms with Crippen molar-refractivity contribution in [3.8, 4) is 0 Å². The number of hydrogen-bond donors (Lipinski definition) is 2. The van der Waals surface area contributed by atoms with E-state index in [1.807, 2.05) is 6.26 Å². The highest BCUT2D eigenvalue weighted by molar-refractivity contribution is 7.98. The molecule has 0 amide bonds. The highest BCUT2D eigenvalue weighted by Gasteiger charge is 2.18. The highest BCUT2D eigenvalue weighted by atomic mass is 32.2. The lowest BCUT2D eigenvalue weighted by Gasteiger charge is -2.09. The van der Waals surface area contributed by atoms with E-state index >= 15 is 0 Å². The zero-order valence-electron chi connectivity index (χ0n) is 9.68. The van der Waals surface area contributed by atoms with Crippen LogP contribution in [-0.4, -0.2) is 41.1 Å². The van der Waals surface area contributed by atoms with Crippen molar-refractivity contribution in [2.24, 2.45) is 5.73 Å². The number of nitrogens with two attached hydrogens (primary N) is 1. The zero-order valence-corrected chi connectivity index (χ0v) is 10.5. The van der Waals surface area contributed by atoms with Crippen molar-refractivity contribution < 1.29 is 24.2 Å². The molecule has 0 heterocycles. The number of carboxylic acid groups (broad SMARTS) is 1. The summed E-state index contributed by atoms with van der Waals surface area (Å²) in [5.41, 5.74) is 5.49. The number of aliphatic carboxylic acids is 1. The maximum Gasteiger partial charge on any atom is 0.330 e. The summed E-state index contributed by atoms with van der Waals surface area (Å²) >= 11 is 1.55. The van der Waals surface area contributed by atoms with Gasteiger partial charge in [-0.2, -0.15) is 11.8 Å². The third-order valence-electron chi connectivity index (χ3n) is 1.92. The molecule has 0 aromatic rings. The van der Waals surface area contributed by atoms with Gasteiger partial charge in [0, 0.05) is 12.8 Å². The molecule has 7 heteroatoms. The van der Waals surface area contributed by atoms with Crippen LogP contribution >= 0.6 is 11.8 Å². The number of thioether (sulfide) groups is 1. The highest BCUT2D eigenvalue weighted by Crippen LogP contribution is 2.03. The Bertz CT molecular complexity index is 282. The van der Waals surface area contributed by atoms with Gasteiger partial charge >= 0.3 is 17.9 Å². The van der Waals surface area contributed by atoms with Crippen molar-refractivity contribution in [3.63, 3.8) is 0 Å². The molecule has 0 aromatic carbocycles. The van der Waals surface area contributed by atoms with E-state index in [4.69, 9.17) is 10.8 Å². The Kier molecular flexibility index (Phi) is 8.43. The molecular weight excluding hydrogens is 246 g/mol. The van der Waals surface area contributed by atoms with Crippen LogP contribution in [0.4, 0.5) is 0 Å². The molecule has 1 unspecified atom stereocenters. The van der Waals surface area contributed by atoms with Gasteiger partial charge < -0.3 is 15.6 Å². The molecule has 0 aliphatic heterocycles. The van der Waals surface area contributed by atoms with Crippen LogP contribution in [0.3, 0.4) is 0 Å². The second kappa shape index (κ2) is 9.00. The van der Waals surface area contributed by atoms with Gasteiger partial charge in [0.2, 0.25) is 0 Å². The van der Waals surface area contributed by atoms with Gasteiger partial charge in [0.1, 0.15) is 6.04 Å². The van der Waals surface area contributed by atoms with E-state index in [1.54, 1.807) is 11.8 Å². The molecule has 0 fully saturated rings. The van der Waals surface area contributed by atoms with Crippen LogP contribution in [0.25, 0.3) is 0 Å². The Hall–Kier alpha value is -1.08. The predicted molar refractivity (Wildman–Crippen MR) is 63.6 cm³/mol. The van der Waals surface area contributed by atoms with Crippen LogP contribution in [0.5, 0.6) is 0 Å². The molecule has 3 N–H and O–H groups in total. The lowest BCUT2D eigenvalue weighted by atomic mass is 10.2. The third-order valence-corrected chi connectivity index (χ3v) is 2.57. The molecule has 0 saturated carbocycles. The quantitative estimate of drug-likeness (QED) is 0.482. The second-order valence-corrected chi connectivity index (χ2v) is 4.41. The van der Waals surface area contributed by atoms with Crippen LogP contribution in [-0.2, 0) is 19.1 Å². The van der Waals surface area contributed by atoms with Gasteiger partial charge in [-0.05, 0) is 24.9 Å². The fourth-order valence-electron chi connectivity index (χ4n) is 0.986. The van der Waals surface area contributed by atoms with E-state index in [9.17, 15) is 14.4 Å². The molecule has 0 radical (unpaired) electrons. The number of esters is 2. The van der Waals surface area contributed by atoms with Crippen molar-refractivity contribution >= 4 is 29.7 Å². The Morgan fingerprint density at radius 3 is 2.53 bits per heavy atom. The number of ether oxygens (including phenoxy) is 1. The standard InChI is InChI=1S/C10H17NO5S/c1-17-6-5-7(11)10(15)16-9(14)4-2-3-8(12)13/h7H,2-6,11H2,1H3,(H,12,13). The Morgan fingerprint density at radius 2 is 2.00 bits per heavy atom. The Balaban J connectivity index is 3.79. The van der Waals surface area contributed by atoms with Crippen LogP contribution in [0.2, 0.25) is 0 Å².